The molecule has 3 aromatic rings. The lowest BCUT2D eigenvalue weighted by Gasteiger charge is -2.30. The van der Waals surface area contributed by atoms with E-state index in [0.29, 0.717) is 39.0 Å². The smallest absolute Gasteiger partial charge is 0.245 e. The van der Waals surface area contributed by atoms with E-state index in [2.05, 4.69) is 41.9 Å². The Kier molecular flexibility index (Phi) is 27.2. The number of carbonyl (C=O) groups excluding carboxylic acids is 10. The first-order valence-electron chi connectivity index (χ1n) is 26.8. The number of aliphatic imine (C=N–C) groups is 2. The molecule has 1 saturated heterocycles. The molecule has 0 radical (unpaired) electrons. The summed E-state index contributed by atoms with van der Waals surface area (Å²) in [5, 5.41) is 25.7. The largest absolute Gasteiger partial charge is 0.507 e. The number of nitrogens with zero attached hydrogens (tertiary/aromatic N) is 3. The second-order valence-corrected chi connectivity index (χ2v) is 20.7. The average molecular weight is 1270 g/mol. The average Bonchev–Trinajstić information content (AvgIpc) is 4.22. The standard InChI is InChI=1S/C54H75IN16O12/c1-2-83-33-17-14-31(15-18-33)27-38(65-45(75)28-32-16-20-42(72)34(55)25-32)48(78)69-39(26-30-9-4-3-5-10-30)49(79)67-36(19-21-43(56)73)47(77)70-40(29-44(57)74)50(80)68-37(12-7-23-64-54(61)62)52(82)71-24-8-13-41(71)51(81)66-35(46(58)76)11-6-22-63-53(59)60/h3-5,9-10,14-18,20,25,35-41,72H,2,6-8,11-13,19,21-24,26-29H2,1H3,(H2,56,73)(H2,57,74)(H2,58,76)(H,65,75)(H,66,81)(H,67,79)(H,68,80)(H,69,78)(H,70,77)(H4,59,60,63)(H4,61,62,64)/t35-,36-,37-,38+,39-,40-,41-/m0/s1. The third-order valence-corrected chi connectivity index (χ3v) is 13.8. The number of ether oxygens (including phenoxy) is 1. The second-order valence-electron chi connectivity index (χ2n) is 19.5. The summed E-state index contributed by atoms with van der Waals surface area (Å²) in [5.41, 5.74) is 40.2. The van der Waals surface area contributed by atoms with Gasteiger partial charge in [-0.05, 0) is 115 Å². The molecule has 0 bridgehead atoms. The number of carbonyl (C=O) groups is 10. The van der Waals surface area contributed by atoms with Crippen LogP contribution in [0.5, 0.6) is 11.5 Å². The fourth-order valence-corrected chi connectivity index (χ4v) is 9.44. The SMILES string of the molecule is CCOc1ccc(C[C@@H](NC(=O)Cc2ccc(O)c(I)c2)C(=O)N[C@@H](Cc2ccccc2)C(=O)N[C@@H](CCC(N)=O)C(=O)N[C@@H](CC(N)=O)C(=O)N[C@@H](CCCN=C(N)N)C(=O)N2CCC[C@H]2C(=O)N[C@@H](CCCN=C(N)N)C(N)=O)cc1. The van der Waals surface area contributed by atoms with Gasteiger partial charge in [0.15, 0.2) is 11.9 Å². The van der Waals surface area contributed by atoms with Crippen molar-refractivity contribution < 1.29 is 57.8 Å². The maximum atomic E-state index is 14.6. The summed E-state index contributed by atoms with van der Waals surface area (Å²) in [6.45, 7) is 2.42. The summed E-state index contributed by atoms with van der Waals surface area (Å²) in [6.07, 6.45) is -1.33. The number of guanidine groups is 2. The van der Waals surface area contributed by atoms with Gasteiger partial charge >= 0.3 is 0 Å². The molecule has 1 fully saturated rings. The fourth-order valence-electron chi connectivity index (χ4n) is 8.86. The molecule has 21 N–H and O–H groups in total. The van der Waals surface area contributed by atoms with Crippen molar-refractivity contribution in [1.29, 1.82) is 0 Å². The van der Waals surface area contributed by atoms with E-state index in [1.165, 1.54) is 11.0 Å². The van der Waals surface area contributed by atoms with Crippen LogP contribution in [0, 0.1) is 3.57 Å². The van der Waals surface area contributed by atoms with Crippen molar-refractivity contribution in [3.8, 4) is 11.5 Å². The Bertz CT molecular complexity index is 2820. The molecule has 10 amide bonds. The molecule has 0 aromatic heterocycles. The lowest BCUT2D eigenvalue weighted by Crippen LogP contribution is -2.60. The van der Waals surface area contributed by atoms with Crippen LogP contribution in [0.25, 0.3) is 0 Å². The molecule has 0 saturated carbocycles. The topological polar surface area (TPSA) is 482 Å². The van der Waals surface area contributed by atoms with Crippen molar-refractivity contribution in [2.75, 3.05) is 26.2 Å². The van der Waals surface area contributed by atoms with Crippen molar-refractivity contribution in [3.05, 3.63) is 93.1 Å². The molecule has 1 aliphatic rings. The van der Waals surface area contributed by atoms with Crippen LogP contribution in [0.2, 0.25) is 0 Å². The van der Waals surface area contributed by atoms with Crippen LogP contribution in [0.15, 0.2) is 82.8 Å². The van der Waals surface area contributed by atoms with E-state index in [4.69, 9.17) is 44.9 Å². The van der Waals surface area contributed by atoms with Gasteiger partial charge in [-0.25, -0.2) is 0 Å². The zero-order valence-corrected chi connectivity index (χ0v) is 48.1. The van der Waals surface area contributed by atoms with Gasteiger partial charge in [0.05, 0.1) is 23.0 Å². The number of hydrogen-bond donors (Lipinski definition) is 14. The van der Waals surface area contributed by atoms with Crippen LogP contribution >= 0.6 is 22.6 Å². The Balaban J connectivity index is 1.62. The maximum absolute atomic E-state index is 14.6. The van der Waals surface area contributed by atoms with Crippen molar-refractivity contribution in [3.63, 3.8) is 0 Å². The number of phenols is 1. The number of primary amides is 3. The number of nitrogens with one attached hydrogen (secondary N) is 6. The van der Waals surface area contributed by atoms with E-state index in [-0.39, 0.29) is 88.7 Å². The van der Waals surface area contributed by atoms with Gasteiger partial charge in [0.2, 0.25) is 59.1 Å². The molecule has 4 rings (SSSR count). The molecule has 28 nitrogen and oxygen atoms in total. The minimum atomic E-state index is -1.81. The van der Waals surface area contributed by atoms with Gasteiger partial charge < -0.3 is 86.8 Å². The first-order valence-corrected chi connectivity index (χ1v) is 27.8. The molecule has 83 heavy (non-hydrogen) atoms. The van der Waals surface area contributed by atoms with Crippen molar-refractivity contribution in [2.45, 2.75) is 126 Å². The van der Waals surface area contributed by atoms with E-state index in [1.807, 2.05) is 29.5 Å². The van der Waals surface area contributed by atoms with Crippen molar-refractivity contribution in [2.24, 2.45) is 50.1 Å². The molecular formula is C54H75IN16O12. The predicted molar refractivity (Wildman–Crippen MR) is 314 cm³/mol. The van der Waals surface area contributed by atoms with Crippen LogP contribution in [-0.4, -0.2) is 150 Å². The number of likely N-dealkylation sites (tertiary alicyclic amines) is 1. The lowest BCUT2D eigenvalue weighted by atomic mass is 10.0. The number of rotatable bonds is 34. The summed E-state index contributed by atoms with van der Waals surface area (Å²) in [7, 11) is 0. The quantitative estimate of drug-likeness (QED) is 0.0123. The Morgan fingerprint density at radius 1 is 0.627 bits per heavy atom. The third-order valence-electron chi connectivity index (χ3n) is 13.0. The van der Waals surface area contributed by atoms with E-state index >= 15 is 0 Å². The van der Waals surface area contributed by atoms with Crippen LogP contribution in [-0.2, 0) is 67.2 Å². The van der Waals surface area contributed by atoms with E-state index in [1.54, 1.807) is 66.7 Å². The highest BCUT2D eigenvalue weighted by molar-refractivity contribution is 14.1. The Morgan fingerprint density at radius 3 is 1.72 bits per heavy atom. The molecule has 7 atom stereocenters. The van der Waals surface area contributed by atoms with E-state index in [0.717, 1.165) is 0 Å². The van der Waals surface area contributed by atoms with Crippen LogP contribution in [0.1, 0.15) is 81.4 Å². The Hall–Kier alpha value is -8.77. The Morgan fingerprint density at radius 2 is 1.16 bits per heavy atom. The first-order chi connectivity index (χ1) is 39.4. The lowest BCUT2D eigenvalue weighted by molar-refractivity contribution is -0.142. The van der Waals surface area contributed by atoms with Gasteiger partial charge in [-0.2, -0.15) is 0 Å². The summed E-state index contributed by atoms with van der Waals surface area (Å²) >= 11 is 1.92. The summed E-state index contributed by atoms with van der Waals surface area (Å²) in [5.74, 6) is -8.59. The number of halogens is 1. The molecule has 1 heterocycles. The van der Waals surface area contributed by atoms with E-state index in [9.17, 15) is 53.1 Å². The van der Waals surface area contributed by atoms with Gasteiger partial charge in [0.1, 0.15) is 53.8 Å². The van der Waals surface area contributed by atoms with Crippen molar-refractivity contribution >= 4 is 93.6 Å². The highest BCUT2D eigenvalue weighted by Gasteiger charge is 2.40. The molecule has 0 spiro atoms. The number of phenolic OH excluding ortho intramolecular Hbond substituents is 1. The van der Waals surface area contributed by atoms with Gasteiger partial charge in [-0.3, -0.25) is 57.9 Å². The number of amides is 10. The molecule has 0 unspecified atom stereocenters. The highest BCUT2D eigenvalue weighted by atomic mass is 127. The second kappa shape index (κ2) is 33.9. The molecular weight excluding hydrogens is 1190 g/mol. The highest BCUT2D eigenvalue weighted by Crippen LogP contribution is 2.23. The van der Waals surface area contributed by atoms with E-state index < -0.39 is 121 Å². The van der Waals surface area contributed by atoms with Gasteiger partial charge in [-0.15, -0.1) is 0 Å². The molecule has 3 aromatic carbocycles. The Labute approximate surface area is 493 Å². The number of hydrogen-bond acceptors (Lipinski definition) is 14. The minimum Gasteiger partial charge on any atom is -0.507 e. The predicted octanol–water partition coefficient (Wildman–Crippen LogP) is -2.94. The fraction of sp³-hybridized carbons (Fsp3) is 0.444. The number of benzene rings is 3. The summed E-state index contributed by atoms with van der Waals surface area (Å²) in [4.78, 5) is 146. The normalized spacial score (nSPS) is 14.8. The molecule has 29 heteroatoms. The van der Waals surface area contributed by atoms with Crippen LogP contribution in [0.3, 0.4) is 0 Å². The summed E-state index contributed by atoms with van der Waals surface area (Å²) < 4.78 is 6.07. The zero-order chi connectivity index (χ0) is 61.2. The number of aromatic hydroxyl groups is 1. The van der Waals surface area contributed by atoms with Crippen LogP contribution < -0.4 is 76.8 Å². The van der Waals surface area contributed by atoms with Crippen LogP contribution in [0.4, 0.5) is 0 Å². The maximum Gasteiger partial charge on any atom is 0.245 e. The van der Waals surface area contributed by atoms with Gasteiger partial charge in [0, 0.05) is 38.9 Å². The third kappa shape index (κ3) is 23.3. The monoisotopic (exact) mass is 1270 g/mol. The van der Waals surface area contributed by atoms with Crippen molar-refractivity contribution in [1.82, 2.24) is 36.8 Å². The van der Waals surface area contributed by atoms with Gasteiger partial charge in [0.25, 0.3) is 0 Å². The first kappa shape index (κ1) is 66.7. The molecule has 1 aliphatic heterocycles. The summed E-state index contributed by atoms with van der Waals surface area (Å²) in [6, 6.07) is 10.0. The number of nitrogens with two attached hydrogens (primary N) is 7. The minimum absolute atomic E-state index is 0.000966. The molecule has 0 aliphatic carbocycles. The zero-order valence-electron chi connectivity index (χ0n) is 46.0. The molecule has 450 valence electrons. The van der Waals surface area contributed by atoms with Gasteiger partial charge in [-0.1, -0.05) is 48.5 Å².